The number of halogens is 2. The molecule has 0 saturated heterocycles. The maximum absolute atomic E-state index is 11.5. The van der Waals surface area contributed by atoms with Crippen molar-refractivity contribution in [2.45, 2.75) is 13.5 Å². The standard InChI is InChI=1S/C13H15BrClN3O2S/c1-2-21(19,20)6-5-18-8-12(16)13(17-18)10-4-3-9(14)7-11(10)15/h3-4,7-8H,2,5-6,16H2,1H3. The molecule has 2 rings (SSSR count). The molecule has 114 valence electrons. The van der Waals surface area contributed by atoms with Crippen LogP contribution in [0.4, 0.5) is 5.69 Å². The number of sulfone groups is 1. The molecule has 0 spiro atoms. The summed E-state index contributed by atoms with van der Waals surface area (Å²) in [5.41, 5.74) is 7.69. The molecule has 0 bridgehead atoms. The SMILES string of the molecule is CCS(=O)(=O)CCn1cc(N)c(-c2ccc(Br)cc2Cl)n1. The molecule has 21 heavy (non-hydrogen) atoms. The van der Waals surface area contributed by atoms with Crippen LogP contribution in [0.2, 0.25) is 5.02 Å². The molecular formula is C13H15BrClN3O2S. The summed E-state index contributed by atoms with van der Waals surface area (Å²) in [6.45, 7) is 1.90. The molecule has 2 N–H and O–H groups in total. The summed E-state index contributed by atoms with van der Waals surface area (Å²) in [5.74, 6) is 0.160. The van der Waals surface area contributed by atoms with Crippen molar-refractivity contribution in [3.05, 3.63) is 33.9 Å². The molecule has 0 aliphatic rings. The summed E-state index contributed by atoms with van der Waals surface area (Å²) in [5, 5.41) is 4.87. The number of benzene rings is 1. The third-order valence-electron chi connectivity index (χ3n) is 3.05. The summed E-state index contributed by atoms with van der Waals surface area (Å²) in [4.78, 5) is 0. The number of nitrogens with zero attached hydrogens (tertiary/aromatic N) is 2. The van der Waals surface area contributed by atoms with Gasteiger partial charge in [0.1, 0.15) is 5.69 Å². The van der Waals surface area contributed by atoms with Crippen LogP contribution in [0.1, 0.15) is 6.92 Å². The third kappa shape index (κ3) is 3.99. The van der Waals surface area contributed by atoms with Crippen LogP contribution in [0.15, 0.2) is 28.9 Å². The van der Waals surface area contributed by atoms with E-state index >= 15 is 0 Å². The quantitative estimate of drug-likeness (QED) is 0.848. The highest BCUT2D eigenvalue weighted by Crippen LogP contribution is 2.32. The van der Waals surface area contributed by atoms with Gasteiger partial charge in [0.15, 0.2) is 9.84 Å². The van der Waals surface area contributed by atoms with E-state index in [0.29, 0.717) is 16.4 Å². The topological polar surface area (TPSA) is 78.0 Å². The second kappa shape index (κ2) is 6.37. The number of aryl methyl sites for hydroxylation is 1. The molecule has 2 aromatic rings. The van der Waals surface area contributed by atoms with E-state index in [-0.39, 0.29) is 18.1 Å². The first kappa shape index (κ1) is 16.3. The zero-order valence-corrected chi connectivity index (χ0v) is 14.5. The monoisotopic (exact) mass is 391 g/mol. The molecule has 0 atom stereocenters. The van der Waals surface area contributed by atoms with Crippen LogP contribution in [0.3, 0.4) is 0 Å². The van der Waals surface area contributed by atoms with Crippen LogP contribution in [0.25, 0.3) is 11.3 Å². The summed E-state index contributed by atoms with van der Waals surface area (Å²) >= 11 is 9.53. The van der Waals surface area contributed by atoms with Gasteiger partial charge in [-0.25, -0.2) is 8.42 Å². The maximum Gasteiger partial charge on any atom is 0.151 e. The predicted molar refractivity (Wildman–Crippen MR) is 89.1 cm³/mol. The summed E-state index contributed by atoms with van der Waals surface area (Å²) in [6, 6.07) is 5.43. The summed E-state index contributed by atoms with van der Waals surface area (Å²) < 4.78 is 25.5. The normalized spacial score (nSPS) is 11.8. The smallest absolute Gasteiger partial charge is 0.151 e. The van der Waals surface area contributed by atoms with Crippen LogP contribution in [-0.2, 0) is 16.4 Å². The van der Waals surface area contributed by atoms with Gasteiger partial charge < -0.3 is 5.73 Å². The highest BCUT2D eigenvalue weighted by molar-refractivity contribution is 9.10. The fourth-order valence-electron chi connectivity index (χ4n) is 1.82. The van der Waals surface area contributed by atoms with E-state index in [2.05, 4.69) is 21.0 Å². The molecule has 0 amide bonds. The van der Waals surface area contributed by atoms with Crippen LogP contribution in [0.5, 0.6) is 0 Å². The zero-order chi connectivity index (χ0) is 15.6. The average Bonchev–Trinajstić information content (AvgIpc) is 2.78. The molecule has 1 aromatic heterocycles. The first-order valence-electron chi connectivity index (χ1n) is 6.31. The molecule has 0 radical (unpaired) electrons. The Labute approximate surface area is 137 Å². The minimum Gasteiger partial charge on any atom is -0.396 e. The van der Waals surface area contributed by atoms with E-state index in [9.17, 15) is 8.42 Å². The molecular weight excluding hydrogens is 378 g/mol. The molecule has 0 fully saturated rings. The van der Waals surface area contributed by atoms with Crippen LogP contribution >= 0.6 is 27.5 Å². The van der Waals surface area contributed by atoms with E-state index in [4.69, 9.17) is 17.3 Å². The van der Waals surface area contributed by atoms with Crippen molar-refractivity contribution in [2.75, 3.05) is 17.2 Å². The highest BCUT2D eigenvalue weighted by Gasteiger charge is 2.14. The Balaban J connectivity index is 2.27. The van der Waals surface area contributed by atoms with Gasteiger partial charge in [-0.3, -0.25) is 4.68 Å². The number of nitrogen functional groups attached to an aromatic ring is 1. The number of hydrogen-bond acceptors (Lipinski definition) is 4. The van der Waals surface area contributed by atoms with Gasteiger partial charge in [0.05, 0.1) is 23.0 Å². The van der Waals surface area contributed by atoms with Gasteiger partial charge in [0.2, 0.25) is 0 Å². The fraction of sp³-hybridized carbons (Fsp3) is 0.308. The van der Waals surface area contributed by atoms with Crippen molar-refractivity contribution in [2.24, 2.45) is 0 Å². The Morgan fingerprint density at radius 1 is 1.43 bits per heavy atom. The Morgan fingerprint density at radius 2 is 2.14 bits per heavy atom. The van der Waals surface area contributed by atoms with Crippen molar-refractivity contribution >= 4 is 43.1 Å². The molecule has 0 aliphatic carbocycles. The molecule has 8 heteroatoms. The van der Waals surface area contributed by atoms with Gasteiger partial charge in [-0.15, -0.1) is 0 Å². The van der Waals surface area contributed by atoms with Gasteiger partial charge in [0.25, 0.3) is 0 Å². The lowest BCUT2D eigenvalue weighted by molar-refractivity contribution is 0.582. The van der Waals surface area contributed by atoms with E-state index < -0.39 is 9.84 Å². The number of rotatable bonds is 5. The Kier molecular flexibility index (Phi) is 4.95. The third-order valence-corrected chi connectivity index (χ3v) is 5.54. The second-order valence-electron chi connectivity index (χ2n) is 4.56. The minimum atomic E-state index is -3.03. The number of anilines is 1. The van der Waals surface area contributed by atoms with Gasteiger partial charge in [0, 0.05) is 22.0 Å². The van der Waals surface area contributed by atoms with Crippen molar-refractivity contribution in [3.63, 3.8) is 0 Å². The van der Waals surface area contributed by atoms with Crippen molar-refractivity contribution in [1.29, 1.82) is 0 Å². The van der Waals surface area contributed by atoms with Crippen molar-refractivity contribution in [3.8, 4) is 11.3 Å². The molecule has 0 aliphatic heterocycles. The molecule has 0 unspecified atom stereocenters. The van der Waals surface area contributed by atoms with E-state index in [1.165, 1.54) is 4.68 Å². The second-order valence-corrected chi connectivity index (χ2v) is 8.35. The van der Waals surface area contributed by atoms with Crippen LogP contribution < -0.4 is 5.73 Å². The van der Waals surface area contributed by atoms with Crippen molar-refractivity contribution < 1.29 is 8.42 Å². The molecule has 0 saturated carbocycles. The first-order chi connectivity index (χ1) is 9.82. The van der Waals surface area contributed by atoms with Gasteiger partial charge >= 0.3 is 0 Å². The first-order valence-corrected chi connectivity index (χ1v) is 9.30. The Hall–Kier alpha value is -1.05. The van der Waals surface area contributed by atoms with E-state index in [1.54, 1.807) is 19.2 Å². The lowest BCUT2D eigenvalue weighted by Crippen LogP contribution is -2.14. The number of hydrogen-bond donors (Lipinski definition) is 1. The van der Waals surface area contributed by atoms with Crippen LogP contribution in [-0.4, -0.2) is 29.7 Å². The summed E-state index contributed by atoms with van der Waals surface area (Å²) in [6.07, 6.45) is 1.62. The maximum atomic E-state index is 11.5. The average molecular weight is 393 g/mol. The molecule has 1 aromatic carbocycles. The van der Waals surface area contributed by atoms with Gasteiger partial charge in [-0.05, 0) is 12.1 Å². The summed E-state index contributed by atoms with van der Waals surface area (Å²) in [7, 11) is -3.03. The zero-order valence-electron chi connectivity index (χ0n) is 11.4. The van der Waals surface area contributed by atoms with Gasteiger partial charge in [-0.1, -0.05) is 40.5 Å². The highest BCUT2D eigenvalue weighted by atomic mass is 79.9. The lowest BCUT2D eigenvalue weighted by Gasteiger charge is -2.03. The van der Waals surface area contributed by atoms with E-state index in [0.717, 1.165) is 10.0 Å². The molecule has 1 heterocycles. The Morgan fingerprint density at radius 3 is 2.76 bits per heavy atom. The van der Waals surface area contributed by atoms with Crippen LogP contribution in [0, 0.1) is 0 Å². The number of nitrogens with two attached hydrogens (primary N) is 1. The number of aromatic nitrogens is 2. The van der Waals surface area contributed by atoms with Crippen molar-refractivity contribution in [1.82, 2.24) is 9.78 Å². The minimum absolute atomic E-state index is 0.0398. The molecule has 5 nitrogen and oxygen atoms in total. The Bertz CT molecular complexity index is 759. The largest absolute Gasteiger partial charge is 0.396 e. The van der Waals surface area contributed by atoms with Gasteiger partial charge in [-0.2, -0.15) is 5.10 Å². The van der Waals surface area contributed by atoms with E-state index in [1.807, 2.05) is 12.1 Å². The predicted octanol–water partition coefficient (Wildman–Crippen LogP) is 2.98. The fourth-order valence-corrected chi connectivity index (χ4v) is 3.34. The lowest BCUT2D eigenvalue weighted by atomic mass is 10.1.